The van der Waals surface area contributed by atoms with Gasteiger partial charge in [-0.3, -0.25) is 4.79 Å². The van der Waals surface area contributed by atoms with Crippen LogP contribution in [0.5, 0.6) is 0 Å². The molecule has 0 heterocycles. The van der Waals surface area contributed by atoms with E-state index in [1.54, 1.807) is 0 Å². The summed E-state index contributed by atoms with van der Waals surface area (Å²) in [5, 5.41) is 0. The van der Waals surface area contributed by atoms with Crippen molar-refractivity contribution < 1.29 is 4.79 Å². The van der Waals surface area contributed by atoms with Crippen LogP contribution >= 0.6 is 0 Å². The SMILES string of the molecule is CC(C)CC(=O)CC(C(C)C)C(C)C. The molecule has 0 aliphatic heterocycles. The van der Waals surface area contributed by atoms with Crippen molar-refractivity contribution in [3.8, 4) is 0 Å². The van der Waals surface area contributed by atoms with Crippen LogP contribution in [-0.2, 0) is 4.79 Å². The molecule has 0 atom stereocenters. The Morgan fingerprint density at radius 3 is 1.57 bits per heavy atom. The standard InChI is InChI=1S/C13H26O/c1-9(2)7-12(14)8-13(10(3)4)11(5)6/h9-11,13H,7-8H2,1-6H3. The Kier molecular flexibility index (Phi) is 6.06. The third kappa shape index (κ3) is 5.41. The molecule has 0 saturated carbocycles. The summed E-state index contributed by atoms with van der Waals surface area (Å²) in [5.74, 6) is 2.73. The molecule has 0 fully saturated rings. The molecule has 1 heteroatoms. The molecule has 0 aliphatic rings. The van der Waals surface area contributed by atoms with Gasteiger partial charge in [-0.05, 0) is 23.7 Å². The molecule has 0 rings (SSSR count). The van der Waals surface area contributed by atoms with E-state index in [-0.39, 0.29) is 0 Å². The minimum Gasteiger partial charge on any atom is -0.300 e. The maximum atomic E-state index is 11.7. The van der Waals surface area contributed by atoms with Crippen LogP contribution in [0, 0.1) is 23.7 Å². The fraction of sp³-hybridized carbons (Fsp3) is 0.923. The minimum atomic E-state index is 0.437. The van der Waals surface area contributed by atoms with Gasteiger partial charge in [0.05, 0.1) is 0 Å². The molecule has 0 bridgehead atoms. The smallest absolute Gasteiger partial charge is 0.133 e. The van der Waals surface area contributed by atoms with Crippen LogP contribution in [0.15, 0.2) is 0 Å². The van der Waals surface area contributed by atoms with Crippen LogP contribution in [0.4, 0.5) is 0 Å². The average Bonchev–Trinajstić information content (AvgIpc) is 1.97. The molecule has 0 unspecified atom stereocenters. The summed E-state index contributed by atoms with van der Waals surface area (Å²) >= 11 is 0. The van der Waals surface area contributed by atoms with Crippen LogP contribution < -0.4 is 0 Å². The maximum absolute atomic E-state index is 11.7. The lowest BCUT2D eigenvalue weighted by Gasteiger charge is -2.24. The van der Waals surface area contributed by atoms with Crippen molar-refractivity contribution in [2.45, 2.75) is 54.4 Å². The minimum absolute atomic E-state index is 0.437. The molecule has 0 saturated heterocycles. The van der Waals surface area contributed by atoms with Gasteiger partial charge in [-0.1, -0.05) is 41.5 Å². The number of carbonyl (C=O) groups is 1. The van der Waals surface area contributed by atoms with E-state index in [1.807, 2.05) is 0 Å². The second kappa shape index (κ2) is 6.21. The molecule has 84 valence electrons. The van der Waals surface area contributed by atoms with Crippen molar-refractivity contribution >= 4 is 5.78 Å². The van der Waals surface area contributed by atoms with E-state index < -0.39 is 0 Å². The summed E-state index contributed by atoms with van der Waals surface area (Å²) in [5.41, 5.74) is 0. The summed E-state index contributed by atoms with van der Waals surface area (Å²) < 4.78 is 0. The largest absolute Gasteiger partial charge is 0.300 e. The van der Waals surface area contributed by atoms with Crippen LogP contribution in [-0.4, -0.2) is 5.78 Å². The Hall–Kier alpha value is -0.330. The highest BCUT2D eigenvalue weighted by Crippen LogP contribution is 2.25. The first-order valence-corrected chi connectivity index (χ1v) is 5.86. The molecule has 0 N–H and O–H groups in total. The average molecular weight is 198 g/mol. The molecule has 1 nitrogen and oxygen atoms in total. The number of ketones is 1. The van der Waals surface area contributed by atoms with E-state index in [2.05, 4.69) is 41.5 Å². The molecule has 0 aromatic carbocycles. The van der Waals surface area contributed by atoms with E-state index in [0.29, 0.717) is 29.5 Å². The third-order valence-electron chi connectivity index (χ3n) is 2.81. The topological polar surface area (TPSA) is 17.1 Å². The lowest BCUT2D eigenvalue weighted by molar-refractivity contribution is -0.121. The van der Waals surface area contributed by atoms with E-state index in [9.17, 15) is 4.79 Å². The second-order valence-corrected chi connectivity index (χ2v) is 5.49. The number of hydrogen-bond acceptors (Lipinski definition) is 1. The number of hydrogen-bond donors (Lipinski definition) is 0. The lowest BCUT2D eigenvalue weighted by atomic mass is 9.81. The molecule has 0 aromatic heterocycles. The van der Waals surface area contributed by atoms with Gasteiger partial charge in [0.25, 0.3) is 0 Å². The second-order valence-electron chi connectivity index (χ2n) is 5.49. The first-order valence-electron chi connectivity index (χ1n) is 5.86. The van der Waals surface area contributed by atoms with Crippen LogP contribution in [0.1, 0.15) is 54.4 Å². The highest BCUT2D eigenvalue weighted by Gasteiger charge is 2.20. The summed E-state index contributed by atoms with van der Waals surface area (Å²) in [7, 11) is 0. The Morgan fingerprint density at radius 2 is 1.29 bits per heavy atom. The van der Waals surface area contributed by atoms with Crippen molar-refractivity contribution in [3.05, 3.63) is 0 Å². The molecule has 0 amide bonds. The zero-order valence-corrected chi connectivity index (χ0v) is 10.6. The Labute approximate surface area is 89.3 Å². The van der Waals surface area contributed by atoms with Gasteiger partial charge in [0, 0.05) is 12.8 Å². The molecule has 14 heavy (non-hydrogen) atoms. The van der Waals surface area contributed by atoms with E-state index in [1.165, 1.54) is 0 Å². The zero-order chi connectivity index (χ0) is 11.3. The van der Waals surface area contributed by atoms with E-state index >= 15 is 0 Å². The molecular formula is C13H26O. The molecular weight excluding hydrogens is 172 g/mol. The highest BCUT2D eigenvalue weighted by molar-refractivity contribution is 5.78. The number of Topliss-reactive ketones (excluding diaryl/α,β-unsaturated/α-hetero) is 1. The summed E-state index contributed by atoms with van der Waals surface area (Å²) in [6.45, 7) is 13.1. The fourth-order valence-electron chi connectivity index (χ4n) is 2.04. The first-order chi connectivity index (χ1) is 6.34. The predicted molar refractivity (Wildman–Crippen MR) is 62.2 cm³/mol. The van der Waals surface area contributed by atoms with E-state index in [0.717, 1.165) is 12.8 Å². The van der Waals surface area contributed by atoms with Crippen molar-refractivity contribution in [1.29, 1.82) is 0 Å². The van der Waals surface area contributed by atoms with Crippen LogP contribution in [0.25, 0.3) is 0 Å². The van der Waals surface area contributed by atoms with Gasteiger partial charge in [0.2, 0.25) is 0 Å². The van der Waals surface area contributed by atoms with Gasteiger partial charge in [0.1, 0.15) is 5.78 Å². The van der Waals surface area contributed by atoms with Crippen LogP contribution in [0.2, 0.25) is 0 Å². The monoisotopic (exact) mass is 198 g/mol. The molecule has 0 spiro atoms. The van der Waals surface area contributed by atoms with Crippen molar-refractivity contribution in [3.63, 3.8) is 0 Å². The normalized spacial score (nSPS) is 12.1. The number of rotatable bonds is 6. The predicted octanol–water partition coefficient (Wildman–Crippen LogP) is 3.92. The van der Waals surface area contributed by atoms with E-state index in [4.69, 9.17) is 0 Å². The van der Waals surface area contributed by atoms with Gasteiger partial charge in [-0.25, -0.2) is 0 Å². The van der Waals surface area contributed by atoms with Gasteiger partial charge < -0.3 is 0 Å². The zero-order valence-electron chi connectivity index (χ0n) is 10.6. The number of carbonyl (C=O) groups excluding carboxylic acids is 1. The van der Waals surface area contributed by atoms with Gasteiger partial charge in [0.15, 0.2) is 0 Å². The van der Waals surface area contributed by atoms with Crippen molar-refractivity contribution in [1.82, 2.24) is 0 Å². The Bertz CT molecular complexity index is 160. The lowest BCUT2D eigenvalue weighted by Crippen LogP contribution is -2.20. The Balaban J connectivity index is 4.10. The summed E-state index contributed by atoms with van der Waals surface area (Å²) in [6.07, 6.45) is 1.52. The van der Waals surface area contributed by atoms with Crippen molar-refractivity contribution in [2.24, 2.45) is 23.7 Å². The van der Waals surface area contributed by atoms with Crippen molar-refractivity contribution in [2.75, 3.05) is 0 Å². The van der Waals surface area contributed by atoms with Gasteiger partial charge in [-0.15, -0.1) is 0 Å². The highest BCUT2D eigenvalue weighted by atomic mass is 16.1. The Morgan fingerprint density at radius 1 is 0.857 bits per heavy atom. The quantitative estimate of drug-likeness (QED) is 0.632. The van der Waals surface area contributed by atoms with Gasteiger partial charge >= 0.3 is 0 Å². The fourth-order valence-corrected chi connectivity index (χ4v) is 2.04. The van der Waals surface area contributed by atoms with Gasteiger partial charge in [-0.2, -0.15) is 0 Å². The summed E-state index contributed by atoms with van der Waals surface area (Å²) in [6, 6.07) is 0. The molecule has 0 radical (unpaired) electrons. The third-order valence-corrected chi connectivity index (χ3v) is 2.81. The first kappa shape index (κ1) is 13.7. The molecule has 0 aliphatic carbocycles. The maximum Gasteiger partial charge on any atom is 0.133 e. The summed E-state index contributed by atoms with van der Waals surface area (Å²) in [4.78, 5) is 11.7. The van der Waals surface area contributed by atoms with Crippen LogP contribution in [0.3, 0.4) is 0 Å². The molecule has 0 aromatic rings.